The summed E-state index contributed by atoms with van der Waals surface area (Å²) in [5, 5.41) is 0. The molecule has 0 radical (unpaired) electrons. The molecule has 13 heavy (non-hydrogen) atoms. The molecule has 2 rings (SSSR count). The van der Waals surface area contributed by atoms with E-state index in [0.29, 0.717) is 12.0 Å². The van der Waals surface area contributed by atoms with Gasteiger partial charge in [0.25, 0.3) is 0 Å². The van der Waals surface area contributed by atoms with Gasteiger partial charge in [0.1, 0.15) is 0 Å². The van der Waals surface area contributed by atoms with E-state index >= 15 is 0 Å². The molecule has 0 aromatic heterocycles. The molecular weight excluding hydrogens is 185 g/mol. The Morgan fingerprint density at radius 2 is 2.08 bits per heavy atom. The van der Waals surface area contributed by atoms with Gasteiger partial charge in [0.15, 0.2) is 5.78 Å². The van der Waals surface area contributed by atoms with Crippen LogP contribution in [-0.2, 0) is 9.59 Å². The van der Waals surface area contributed by atoms with E-state index in [1.54, 1.807) is 0 Å². The Balaban J connectivity index is 2.20. The molecule has 2 nitrogen and oxygen atoms in total. The second-order valence-corrected chi connectivity index (χ2v) is 3.27. The number of rotatable bonds is 1. The first-order chi connectivity index (χ1) is 5.91. The van der Waals surface area contributed by atoms with Gasteiger partial charge >= 0.3 is 6.18 Å². The van der Waals surface area contributed by atoms with Gasteiger partial charge in [-0.3, -0.25) is 9.59 Å². The minimum atomic E-state index is -4.88. The molecule has 70 valence electrons. The van der Waals surface area contributed by atoms with Crippen LogP contribution in [0.15, 0.2) is 11.6 Å². The van der Waals surface area contributed by atoms with Gasteiger partial charge in [0, 0.05) is 5.92 Å². The molecule has 2 unspecified atom stereocenters. The standard InChI is InChI=1S/C8H5F3O2/c9-8(10,11)7(13)6-4-1-3(4)2-5(6)12/h2,4,6H,1H2. The third kappa shape index (κ3) is 1.18. The summed E-state index contributed by atoms with van der Waals surface area (Å²) in [6.45, 7) is 0. The normalized spacial score (nSPS) is 31.3. The molecule has 0 bridgehead atoms. The Kier molecular flexibility index (Phi) is 1.44. The minimum Gasteiger partial charge on any atom is -0.294 e. The molecule has 2 aliphatic rings. The quantitative estimate of drug-likeness (QED) is 0.583. The van der Waals surface area contributed by atoms with Crippen molar-refractivity contribution >= 4 is 11.6 Å². The zero-order valence-electron chi connectivity index (χ0n) is 6.39. The van der Waals surface area contributed by atoms with Crippen molar-refractivity contribution in [3.05, 3.63) is 11.6 Å². The molecule has 0 spiro atoms. The highest BCUT2D eigenvalue weighted by atomic mass is 19.4. The van der Waals surface area contributed by atoms with Crippen LogP contribution in [0.5, 0.6) is 0 Å². The number of halogens is 3. The van der Waals surface area contributed by atoms with E-state index < -0.39 is 29.6 Å². The molecule has 0 amide bonds. The molecule has 2 atom stereocenters. The van der Waals surface area contributed by atoms with E-state index in [1.807, 2.05) is 0 Å². The lowest BCUT2D eigenvalue weighted by Crippen LogP contribution is -2.34. The van der Waals surface area contributed by atoms with Crippen molar-refractivity contribution in [1.82, 2.24) is 0 Å². The predicted molar refractivity (Wildman–Crippen MR) is 35.7 cm³/mol. The number of hydrogen-bond donors (Lipinski definition) is 0. The second-order valence-electron chi connectivity index (χ2n) is 3.27. The van der Waals surface area contributed by atoms with Gasteiger partial charge in [-0.25, -0.2) is 0 Å². The van der Waals surface area contributed by atoms with Gasteiger partial charge in [0.05, 0.1) is 5.92 Å². The molecule has 0 aliphatic heterocycles. The SMILES string of the molecule is O=C1C=C2CC2C1C(=O)C(F)(F)F. The number of Topliss-reactive ketones (excluding diaryl/α,β-unsaturated/α-hetero) is 1. The number of allylic oxidation sites excluding steroid dienone is 2. The first-order valence-corrected chi connectivity index (χ1v) is 3.76. The zero-order chi connectivity index (χ0) is 9.80. The van der Waals surface area contributed by atoms with E-state index in [4.69, 9.17) is 0 Å². The fraction of sp³-hybridized carbons (Fsp3) is 0.500. The molecule has 0 N–H and O–H groups in total. The first kappa shape index (κ1) is 8.47. The maximum absolute atomic E-state index is 11.9. The van der Waals surface area contributed by atoms with E-state index in [2.05, 4.69) is 0 Å². The lowest BCUT2D eigenvalue weighted by molar-refractivity contribution is -0.176. The summed E-state index contributed by atoms with van der Waals surface area (Å²) in [5.41, 5.74) is 0.688. The molecule has 2 aliphatic carbocycles. The first-order valence-electron chi connectivity index (χ1n) is 3.76. The highest BCUT2D eigenvalue weighted by Crippen LogP contribution is 2.50. The van der Waals surface area contributed by atoms with Crippen molar-refractivity contribution < 1.29 is 22.8 Å². The van der Waals surface area contributed by atoms with Gasteiger partial charge in [-0.05, 0) is 12.5 Å². The number of fused-ring (bicyclic) bond motifs is 1. The fourth-order valence-corrected chi connectivity index (χ4v) is 1.65. The smallest absolute Gasteiger partial charge is 0.294 e. The highest BCUT2D eigenvalue weighted by Gasteiger charge is 2.56. The van der Waals surface area contributed by atoms with E-state index in [-0.39, 0.29) is 0 Å². The molecule has 5 heteroatoms. The van der Waals surface area contributed by atoms with Crippen molar-refractivity contribution in [3.63, 3.8) is 0 Å². The topological polar surface area (TPSA) is 34.1 Å². The summed E-state index contributed by atoms with van der Waals surface area (Å²) < 4.78 is 35.8. The number of alkyl halides is 3. The Bertz CT molecular complexity index is 327. The largest absolute Gasteiger partial charge is 0.450 e. The Morgan fingerprint density at radius 1 is 1.46 bits per heavy atom. The van der Waals surface area contributed by atoms with Crippen LogP contribution in [0.3, 0.4) is 0 Å². The average molecular weight is 190 g/mol. The summed E-state index contributed by atoms with van der Waals surface area (Å²) in [6, 6.07) is 0. The Hall–Kier alpha value is -1.13. The summed E-state index contributed by atoms with van der Waals surface area (Å²) in [4.78, 5) is 21.6. The number of carbonyl (C=O) groups is 2. The van der Waals surface area contributed by atoms with Crippen LogP contribution >= 0.6 is 0 Å². The Morgan fingerprint density at radius 3 is 2.46 bits per heavy atom. The lowest BCUT2D eigenvalue weighted by atomic mass is 9.96. The van der Waals surface area contributed by atoms with Crippen LogP contribution in [0, 0.1) is 11.8 Å². The number of carbonyl (C=O) groups excluding carboxylic acids is 2. The molecule has 0 aromatic rings. The van der Waals surface area contributed by atoms with Crippen molar-refractivity contribution in [1.29, 1.82) is 0 Å². The third-order valence-corrected chi connectivity index (χ3v) is 2.37. The summed E-state index contributed by atoms with van der Waals surface area (Å²) in [7, 11) is 0. The van der Waals surface area contributed by atoms with Crippen molar-refractivity contribution in [2.45, 2.75) is 12.6 Å². The van der Waals surface area contributed by atoms with Crippen LogP contribution in [0.1, 0.15) is 6.42 Å². The minimum absolute atomic E-state index is 0.443. The van der Waals surface area contributed by atoms with Gasteiger partial charge in [-0.1, -0.05) is 5.57 Å². The van der Waals surface area contributed by atoms with Gasteiger partial charge < -0.3 is 0 Å². The number of ketones is 2. The van der Waals surface area contributed by atoms with Crippen molar-refractivity contribution in [3.8, 4) is 0 Å². The molecule has 1 saturated carbocycles. The number of hydrogen-bond acceptors (Lipinski definition) is 2. The molecular formula is C8H5F3O2. The maximum Gasteiger partial charge on any atom is 0.450 e. The fourth-order valence-electron chi connectivity index (χ4n) is 1.65. The van der Waals surface area contributed by atoms with Crippen LogP contribution in [-0.4, -0.2) is 17.7 Å². The van der Waals surface area contributed by atoms with E-state index in [1.165, 1.54) is 6.08 Å². The third-order valence-electron chi connectivity index (χ3n) is 2.37. The van der Waals surface area contributed by atoms with Crippen molar-refractivity contribution in [2.24, 2.45) is 11.8 Å². The Labute approximate surface area is 71.4 Å². The molecule has 0 aromatic carbocycles. The van der Waals surface area contributed by atoms with E-state index in [9.17, 15) is 22.8 Å². The summed E-state index contributed by atoms with van der Waals surface area (Å²) in [5.74, 6) is -4.49. The zero-order valence-corrected chi connectivity index (χ0v) is 6.39. The average Bonchev–Trinajstić information content (AvgIpc) is 2.61. The maximum atomic E-state index is 11.9. The summed E-state index contributed by atoms with van der Waals surface area (Å²) >= 11 is 0. The lowest BCUT2D eigenvalue weighted by Gasteiger charge is -2.10. The summed E-state index contributed by atoms with van der Waals surface area (Å²) in [6.07, 6.45) is -3.25. The van der Waals surface area contributed by atoms with Gasteiger partial charge in [-0.2, -0.15) is 13.2 Å². The van der Waals surface area contributed by atoms with E-state index in [0.717, 1.165) is 0 Å². The molecule has 0 heterocycles. The van der Waals surface area contributed by atoms with Crippen LogP contribution in [0.25, 0.3) is 0 Å². The van der Waals surface area contributed by atoms with Crippen LogP contribution in [0.4, 0.5) is 13.2 Å². The molecule has 0 saturated heterocycles. The molecule has 1 fully saturated rings. The van der Waals surface area contributed by atoms with Crippen molar-refractivity contribution in [2.75, 3.05) is 0 Å². The predicted octanol–water partition coefficient (Wildman–Crippen LogP) is 1.26. The van der Waals surface area contributed by atoms with Crippen LogP contribution < -0.4 is 0 Å². The van der Waals surface area contributed by atoms with Gasteiger partial charge in [0.2, 0.25) is 5.78 Å². The monoisotopic (exact) mass is 190 g/mol. The highest BCUT2D eigenvalue weighted by molar-refractivity contribution is 6.13. The second kappa shape index (κ2) is 2.21. The van der Waals surface area contributed by atoms with Crippen LogP contribution in [0.2, 0.25) is 0 Å². The van der Waals surface area contributed by atoms with Gasteiger partial charge in [-0.15, -0.1) is 0 Å².